The van der Waals surface area contributed by atoms with Crippen LogP contribution >= 0.6 is 0 Å². The molecule has 0 aliphatic carbocycles. The lowest BCUT2D eigenvalue weighted by Crippen LogP contribution is -1.50. The summed E-state index contributed by atoms with van der Waals surface area (Å²) in [4.78, 5) is 0. The van der Waals surface area contributed by atoms with Crippen LogP contribution < -0.4 is 0 Å². The van der Waals surface area contributed by atoms with E-state index in [-0.39, 0.29) is 12.1 Å². The minimum absolute atomic E-state index is 0.104. The predicted octanol–water partition coefficient (Wildman–Crippen LogP) is 1.29. The highest BCUT2D eigenvalue weighted by molar-refractivity contribution is 4.95. The van der Waals surface area contributed by atoms with Gasteiger partial charge in [-0.2, -0.15) is 0 Å². The van der Waals surface area contributed by atoms with Crippen LogP contribution in [0.25, 0.3) is 0 Å². The average Bonchev–Trinajstić information content (AvgIpc) is 1.77. The van der Waals surface area contributed by atoms with Crippen LogP contribution in [0.4, 0.5) is 0 Å². The van der Waals surface area contributed by atoms with E-state index in [1.54, 1.807) is 12.1 Å². The van der Waals surface area contributed by atoms with Gasteiger partial charge in [-0.25, -0.2) is 0 Å². The molecule has 2 radical (unpaired) electrons. The normalized spacial score (nSPS) is 12.7. The number of benzene rings is 1. The van der Waals surface area contributed by atoms with Gasteiger partial charge in [0.2, 0.25) is 0 Å². The molecule has 0 amide bonds. The zero-order valence-electron chi connectivity index (χ0n) is 5.15. The zero-order chi connectivity index (χ0) is 5.98. The number of rotatable bonds is 0. The van der Waals surface area contributed by atoms with Crippen molar-refractivity contribution in [3.63, 3.8) is 0 Å². The predicted molar refractivity (Wildman–Crippen MR) is 24.1 cm³/mol. The van der Waals surface area contributed by atoms with Crippen LogP contribution in [0.5, 0.6) is 0 Å². The first-order chi connectivity index (χ1) is 3.80. The quantitative estimate of drug-likeness (QED) is 0.438. The maximum absolute atomic E-state index is 6.95. The zero-order valence-corrected chi connectivity index (χ0v) is 3.15. The standard InChI is InChI=1S/C6H4/c1-2-4-6-5-3-1/h1-2,5-6H/i1D,2D. The lowest BCUT2D eigenvalue weighted by Gasteiger charge is -1.67. The Morgan fingerprint density at radius 3 is 2.00 bits per heavy atom. The summed E-state index contributed by atoms with van der Waals surface area (Å²) in [5.41, 5.74) is 0. The fourth-order valence-corrected chi connectivity index (χ4v) is 0.239. The third-order valence-electron chi connectivity index (χ3n) is 0.457. The van der Waals surface area contributed by atoms with Crippen LogP contribution in [0.2, 0.25) is 0 Å². The largest absolute Gasteiger partial charge is 0.0629 e. The molecule has 0 aliphatic rings. The molecule has 0 saturated carbocycles. The molecular weight excluding hydrogens is 72.1 g/mol. The van der Waals surface area contributed by atoms with Crippen LogP contribution in [-0.2, 0) is 0 Å². The third kappa shape index (κ3) is 0.582. The molecule has 0 fully saturated rings. The van der Waals surface area contributed by atoms with E-state index in [0.29, 0.717) is 0 Å². The minimum atomic E-state index is 0.104. The molecule has 0 unspecified atom stereocenters. The van der Waals surface area contributed by atoms with E-state index in [9.17, 15) is 0 Å². The molecule has 0 nitrogen and oxygen atoms in total. The molecule has 0 N–H and O–H groups in total. The monoisotopic (exact) mass is 78.0 g/mol. The topological polar surface area (TPSA) is 0 Å². The molecule has 6 heavy (non-hydrogen) atoms. The maximum atomic E-state index is 6.95. The first-order valence-electron chi connectivity index (χ1n) is 2.66. The summed E-state index contributed by atoms with van der Waals surface area (Å²) in [7, 11) is 0. The van der Waals surface area contributed by atoms with Crippen LogP contribution in [0.3, 0.4) is 0 Å². The molecule has 0 bridgehead atoms. The van der Waals surface area contributed by atoms with Crippen LogP contribution in [0.15, 0.2) is 24.2 Å². The minimum Gasteiger partial charge on any atom is -0.0538 e. The molecule has 0 heterocycles. The smallest absolute Gasteiger partial charge is 0.0538 e. The summed E-state index contributed by atoms with van der Waals surface area (Å²) in [6.45, 7) is 0. The fourth-order valence-electron chi connectivity index (χ4n) is 0.239. The second kappa shape index (κ2) is 1.61. The number of hydrogen-bond acceptors (Lipinski definition) is 0. The second-order valence-corrected chi connectivity index (χ2v) is 0.872. The second-order valence-electron chi connectivity index (χ2n) is 0.872. The molecular formula is C6H4. The molecule has 1 aromatic carbocycles. The van der Waals surface area contributed by atoms with E-state index in [1.165, 1.54) is 0 Å². The van der Waals surface area contributed by atoms with Crippen molar-refractivity contribution < 1.29 is 2.74 Å². The highest BCUT2D eigenvalue weighted by Gasteiger charge is 1.59. The molecule has 0 spiro atoms. The highest BCUT2D eigenvalue weighted by atomic mass is 13.6. The van der Waals surface area contributed by atoms with Crippen molar-refractivity contribution in [2.24, 2.45) is 0 Å². The van der Waals surface area contributed by atoms with Crippen molar-refractivity contribution in [3.05, 3.63) is 36.4 Å². The van der Waals surface area contributed by atoms with E-state index in [0.717, 1.165) is 0 Å². The molecule has 0 saturated heterocycles. The lowest BCUT2D eigenvalue weighted by atomic mass is 10.4. The molecule has 28 valence electrons. The van der Waals surface area contributed by atoms with Crippen molar-refractivity contribution in [1.82, 2.24) is 0 Å². The Balaban J connectivity index is 3.13. The van der Waals surface area contributed by atoms with E-state index >= 15 is 0 Å². The van der Waals surface area contributed by atoms with Gasteiger partial charge in [-0.05, 0) is 12.1 Å². The Kier molecular flexibility index (Phi) is 0.477. The average molecular weight is 78.1 g/mol. The molecule has 1 aromatic rings. The Morgan fingerprint density at radius 2 is 1.67 bits per heavy atom. The molecule has 0 atom stereocenters. The van der Waals surface area contributed by atoms with Gasteiger partial charge in [0.15, 0.2) is 0 Å². The van der Waals surface area contributed by atoms with Crippen LogP contribution in [0, 0.1) is 12.1 Å². The van der Waals surface area contributed by atoms with Crippen LogP contribution in [0.1, 0.15) is 2.74 Å². The van der Waals surface area contributed by atoms with Crippen molar-refractivity contribution in [3.8, 4) is 0 Å². The van der Waals surface area contributed by atoms with Gasteiger partial charge in [0.25, 0.3) is 0 Å². The SMILES string of the molecule is [2H]c1[c]cc[c]c1[2H]. The lowest BCUT2D eigenvalue weighted by molar-refractivity contribution is 1.68. The van der Waals surface area contributed by atoms with Crippen molar-refractivity contribution in [2.75, 3.05) is 0 Å². The first kappa shape index (κ1) is 1.78. The summed E-state index contributed by atoms with van der Waals surface area (Å²) in [6, 6.07) is 8.44. The maximum Gasteiger partial charge on any atom is 0.0629 e. The summed E-state index contributed by atoms with van der Waals surface area (Å²) in [6.07, 6.45) is 0. The van der Waals surface area contributed by atoms with Gasteiger partial charge >= 0.3 is 0 Å². The van der Waals surface area contributed by atoms with E-state index in [4.69, 9.17) is 2.74 Å². The molecule has 0 aromatic heterocycles. The van der Waals surface area contributed by atoms with Gasteiger partial charge in [0, 0.05) is 0 Å². The van der Waals surface area contributed by atoms with Gasteiger partial charge in [0.05, 0.1) is 2.74 Å². The van der Waals surface area contributed by atoms with Gasteiger partial charge in [-0.3, -0.25) is 0 Å². The summed E-state index contributed by atoms with van der Waals surface area (Å²) < 4.78 is 13.9. The van der Waals surface area contributed by atoms with Gasteiger partial charge < -0.3 is 0 Å². The van der Waals surface area contributed by atoms with Gasteiger partial charge in [-0.1, -0.05) is 24.2 Å². The summed E-state index contributed by atoms with van der Waals surface area (Å²) in [5.74, 6) is 0. The van der Waals surface area contributed by atoms with Gasteiger partial charge in [-0.15, -0.1) is 0 Å². The Bertz CT molecular complexity index is 163. The van der Waals surface area contributed by atoms with Crippen molar-refractivity contribution in [1.29, 1.82) is 0 Å². The van der Waals surface area contributed by atoms with E-state index in [1.807, 2.05) is 0 Å². The van der Waals surface area contributed by atoms with E-state index in [2.05, 4.69) is 12.1 Å². The Hall–Kier alpha value is -0.780. The van der Waals surface area contributed by atoms with Crippen molar-refractivity contribution >= 4 is 0 Å². The summed E-state index contributed by atoms with van der Waals surface area (Å²) in [5, 5.41) is 0. The van der Waals surface area contributed by atoms with Crippen molar-refractivity contribution in [2.45, 2.75) is 0 Å². The molecule has 0 heteroatoms. The molecule has 1 rings (SSSR count). The Morgan fingerprint density at radius 1 is 1.17 bits per heavy atom. The molecule has 0 aliphatic heterocycles. The fraction of sp³-hybridized carbons (Fsp3) is 0. The van der Waals surface area contributed by atoms with Crippen LogP contribution in [-0.4, -0.2) is 0 Å². The van der Waals surface area contributed by atoms with Gasteiger partial charge in [0.1, 0.15) is 0 Å². The number of hydrogen-bond donors (Lipinski definition) is 0. The third-order valence-corrected chi connectivity index (χ3v) is 0.457. The summed E-state index contributed by atoms with van der Waals surface area (Å²) >= 11 is 0. The first-order valence-corrected chi connectivity index (χ1v) is 1.66. The Labute approximate surface area is 40.2 Å². The van der Waals surface area contributed by atoms with E-state index < -0.39 is 0 Å². The highest BCUT2D eigenvalue weighted by Crippen LogP contribution is 1.77.